The third-order valence-corrected chi connectivity index (χ3v) is 4.54. The molecular weight excluding hydrogens is 226 g/mol. The molecule has 3 heteroatoms. The average molecular weight is 254 g/mol. The Bertz CT molecular complexity index is 309. The van der Waals surface area contributed by atoms with Gasteiger partial charge in [-0.3, -0.25) is 9.69 Å². The van der Waals surface area contributed by atoms with Crippen molar-refractivity contribution < 1.29 is 11.3 Å². The molecule has 18 heavy (non-hydrogen) atoms. The van der Waals surface area contributed by atoms with Crippen LogP contribution in [-0.4, -0.2) is 34.1 Å². The second kappa shape index (κ2) is 6.55. The lowest BCUT2D eigenvalue weighted by Gasteiger charge is -2.43. The van der Waals surface area contributed by atoms with Gasteiger partial charge in [-0.1, -0.05) is 38.5 Å². The van der Waals surface area contributed by atoms with Crippen molar-refractivity contribution in [2.24, 2.45) is 0 Å². The number of hydrogen-bond donors (Lipinski definition) is 1. The Morgan fingerprint density at radius 3 is 2.11 bits per heavy atom. The van der Waals surface area contributed by atoms with Gasteiger partial charge in [-0.2, -0.15) is 0 Å². The summed E-state index contributed by atoms with van der Waals surface area (Å²) >= 11 is 0. The fourth-order valence-corrected chi connectivity index (χ4v) is 3.54. The number of rotatable bonds is 4. The highest BCUT2D eigenvalue weighted by Crippen LogP contribution is 2.31. The molecule has 0 radical (unpaired) electrons. The summed E-state index contributed by atoms with van der Waals surface area (Å²) in [4.78, 5) is 13.5. The van der Waals surface area contributed by atoms with Gasteiger partial charge >= 0.3 is 5.97 Å². The molecule has 0 heterocycles. The SMILES string of the molecule is [2H]C1(N(C2CCCCC2)[C@@H](C)C(=O)O)CCCCC1. The van der Waals surface area contributed by atoms with E-state index in [2.05, 4.69) is 0 Å². The Hall–Kier alpha value is -0.570. The highest BCUT2D eigenvalue weighted by molar-refractivity contribution is 5.73. The Balaban J connectivity index is 2.19. The summed E-state index contributed by atoms with van der Waals surface area (Å²) in [6.45, 7) is 1.77. The van der Waals surface area contributed by atoms with E-state index in [0.29, 0.717) is 6.04 Å². The van der Waals surface area contributed by atoms with Crippen molar-refractivity contribution in [3.8, 4) is 0 Å². The number of carbonyl (C=O) groups is 1. The summed E-state index contributed by atoms with van der Waals surface area (Å²) < 4.78 is 8.80. The zero-order valence-electron chi connectivity index (χ0n) is 12.5. The van der Waals surface area contributed by atoms with Gasteiger partial charge in [-0.15, -0.1) is 0 Å². The van der Waals surface area contributed by atoms with E-state index < -0.39 is 18.0 Å². The van der Waals surface area contributed by atoms with E-state index in [4.69, 9.17) is 1.37 Å². The quantitative estimate of drug-likeness (QED) is 0.835. The number of aliphatic carboxylic acids is 1. The molecule has 1 atom stereocenters. The molecule has 0 aliphatic heterocycles. The van der Waals surface area contributed by atoms with Gasteiger partial charge in [0.1, 0.15) is 6.04 Å². The molecule has 2 aliphatic rings. The Morgan fingerprint density at radius 2 is 1.61 bits per heavy atom. The van der Waals surface area contributed by atoms with Crippen molar-refractivity contribution >= 4 is 5.97 Å². The molecule has 0 aromatic heterocycles. The molecule has 0 aromatic rings. The third-order valence-electron chi connectivity index (χ3n) is 4.54. The predicted octanol–water partition coefficient (Wildman–Crippen LogP) is 3.43. The molecule has 2 saturated carbocycles. The monoisotopic (exact) mass is 254 g/mol. The maximum Gasteiger partial charge on any atom is 0.320 e. The van der Waals surface area contributed by atoms with Gasteiger partial charge in [0.15, 0.2) is 0 Å². The van der Waals surface area contributed by atoms with Gasteiger partial charge in [0.05, 0.1) is 0 Å². The lowest BCUT2D eigenvalue weighted by Crippen LogP contribution is -2.52. The van der Waals surface area contributed by atoms with Gasteiger partial charge in [0.25, 0.3) is 0 Å². The van der Waals surface area contributed by atoms with Crippen LogP contribution in [0.25, 0.3) is 0 Å². The first-order valence-electron chi connectivity index (χ1n) is 8.06. The zero-order chi connectivity index (χ0) is 13.9. The van der Waals surface area contributed by atoms with Gasteiger partial charge in [-0.05, 0) is 32.6 Å². The molecule has 2 rings (SSSR count). The first-order valence-corrected chi connectivity index (χ1v) is 7.56. The smallest absolute Gasteiger partial charge is 0.320 e. The van der Waals surface area contributed by atoms with Crippen LogP contribution in [-0.2, 0) is 4.79 Å². The highest BCUT2D eigenvalue weighted by atomic mass is 16.4. The summed E-state index contributed by atoms with van der Waals surface area (Å²) in [5.74, 6) is -0.775. The second-order valence-corrected chi connectivity index (χ2v) is 5.84. The lowest BCUT2D eigenvalue weighted by atomic mass is 9.87. The first-order chi connectivity index (χ1) is 9.04. The molecule has 0 bridgehead atoms. The molecule has 3 nitrogen and oxygen atoms in total. The Kier molecular flexibility index (Phi) is 4.54. The average Bonchev–Trinajstić information content (AvgIpc) is 2.40. The topological polar surface area (TPSA) is 40.5 Å². The fourth-order valence-electron chi connectivity index (χ4n) is 3.54. The normalized spacial score (nSPS) is 27.8. The summed E-state index contributed by atoms with van der Waals surface area (Å²) in [5, 5.41) is 9.40. The van der Waals surface area contributed by atoms with Crippen LogP contribution in [0.2, 0.25) is 0 Å². The Labute approximate surface area is 112 Å². The summed E-state index contributed by atoms with van der Waals surface area (Å²) in [5.41, 5.74) is 0. The van der Waals surface area contributed by atoms with E-state index in [1.807, 2.05) is 4.90 Å². The minimum absolute atomic E-state index is 0.301. The van der Waals surface area contributed by atoms with Gasteiger partial charge in [-0.25, -0.2) is 0 Å². The van der Waals surface area contributed by atoms with Crippen LogP contribution < -0.4 is 0 Å². The molecule has 0 amide bonds. The van der Waals surface area contributed by atoms with E-state index in [9.17, 15) is 9.90 Å². The molecular formula is C15H27NO2. The van der Waals surface area contributed by atoms with Crippen LogP contribution in [0.1, 0.15) is 72.5 Å². The predicted molar refractivity (Wildman–Crippen MR) is 72.7 cm³/mol. The van der Waals surface area contributed by atoms with Crippen LogP contribution in [0.4, 0.5) is 0 Å². The van der Waals surface area contributed by atoms with Crippen LogP contribution >= 0.6 is 0 Å². The maximum atomic E-state index is 11.4. The number of nitrogens with zero attached hydrogens (tertiary/aromatic N) is 1. The zero-order valence-corrected chi connectivity index (χ0v) is 11.5. The molecule has 1 N–H and O–H groups in total. The second-order valence-electron chi connectivity index (χ2n) is 5.84. The third kappa shape index (κ3) is 3.25. The first kappa shape index (κ1) is 12.5. The van der Waals surface area contributed by atoms with Crippen molar-refractivity contribution in [1.29, 1.82) is 0 Å². The molecule has 104 valence electrons. The van der Waals surface area contributed by atoms with Crippen molar-refractivity contribution in [1.82, 2.24) is 4.90 Å². The van der Waals surface area contributed by atoms with E-state index in [0.717, 1.165) is 38.5 Å². The van der Waals surface area contributed by atoms with E-state index >= 15 is 0 Å². The van der Waals surface area contributed by atoms with Gasteiger partial charge in [0, 0.05) is 13.4 Å². The molecule has 0 aromatic carbocycles. The lowest BCUT2D eigenvalue weighted by molar-refractivity contribution is -0.145. The van der Waals surface area contributed by atoms with Gasteiger partial charge in [0.2, 0.25) is 0 Å². The molecule has 2 fully saturated rings. The van der Waals surface area contributed by atoms with Crippen LogP contribution in [0, 0.1) is 0 Å². The number of hydrogen-bond acceptors (Lipinski definition) is 2. The van der Waals surface area contributed by atoms with Crippen molar-refractivity contribution in [2.75, 3.05) is 0 Å². The molecule has 0 saturated heterocycles. The minimum atomic E-state index is -0.775. The Morgan fingerprint density at radius 1 is 1.11 bits per heavy atom. The summed E-state index contributed by atoms with van der Waals surface area (Å²) in [7, 11) is 0. The van der Waals surface area contributed by atoms with Crippen molar-refractivity contribution in [3.63, 3.8) is 0 Å². The molecule has 0 spiro atoms. The minimum Gasteiger partial charge on any atom is -0.480 e. The van der Waals surface area contributed by atoms with E-state index in [1.165, 1.54) is 25.7 Å². The van der Waals surface area contributed by atoms with Gasteiger partial charge < -0.3 is 5.11 Å². The van der Waals surface area contributed by atoms with Crippen molar-refractivity contribution in [2.45, 2.75) is 89.2 Å². The van der Waals surface area contributed by atoms with Crippen LogP contribution in [0.5, 0.6) is 0 Å². The van der Waals surface area contributed by atoms with Crippen molar-refractivity contribution in [3.05, 3.63) is 0 Å². The highest BCUT2D eigenvalue weighted by Gasteiger charge is 2.34. The van der Waals surface area contributed by atoms with E-state index in [1.54, 1.807) is 6.92 Å². The summed E-state index contributed by atoms with van der Waals surface area (Å²) in [6.07, 6.45) is 10.8. The molecule has 0 unspecified atom stereocenters. The molecule has 2 aliphatic carbocycles. The van der Waals surface area contributed by atoms with Crippen LogP contribution in [0.3, 0.4) is 0 Å². The van der Waals surface area contributed by atoms with Crippen LogP contribution in [0.15, 0.2) is 0 Å². The number of carboxylic acids is 1. The van der Waals surface area contributed by atoms with E-state index in [-0.39, 0.29) is 0 Å². The number of carboxylic acid groups (broad SMARTS) is 1. The fraction of sp³-hybridized carbons (Fsp3) is 0.933. The summed E-state index contributed by atoms with van der Waals surface area (Å²) in [6, 6.07) is -0.868. The largest absolute Gasteiger partial charge is 0.480 e. The maximum absolute atomic E-state index is 11.4. The standard InChI is InChI=1S/C15H27NO2/c1-12(15(17)18)16(13-8-4-2-5-9-13)14-10-6-3-7-11-14/h12-14H,2-11H2,1H3,(H,17,18)/t12-/m0/s1/i13D.